The zero-order valence-corrected chi connectivity index (χ0v) is 11.3. The molecule has 2 rings (SSSR count). The van der Waals surface area contributed by atoms with Crippen molar-refractivity contribution in [3.63, 3.8) is 0 Å². The van der Waals surface area contributed by atoms with Crippen LogP contribution in [0.25, 0.3) is 0 Å². The lowest BCUT2D eigenvalue weighted by Gasteiger charge is -2.24. The van der Waals surface area contributed by atoms with Gasteiger partial charge in [-0.25, -0.2) is 4.79 Å². The molecule has 1 aliphatic carbocycles. The summed E-state index contributed by atoms with van der Waals surface area (Å²) < 4.78 is 5.50. The molecule has 3 unspecified atom stereocenters. The van der Waals surface area contributed by atoms with Gasteiger partial charge in [-0.2, -0.15) is 0 Å². The van der Waals surface area contributed by atoms with Gasteiger partial charge in [0.2, 0.25) is 0 Å². The van der Waals surface area contributed by atoms with Gasteiger partial charge in [0.05, 0.1) is 12.0 Å². The van der Waals surface area contributed by atoms with Crippen molar-refractivity contribution in [2.24, 2.45) is 5.92 Å². The molecule has 0 radical (unpaired) electrons. The summed E-state index contributed by atoms with van der Waals surface area (Å²) in [4.78, 5) is 24.8. The van der Waals surface area contributed by atoms with Gasteiger partial charge in [-0.1, -0.05) is 0 Å². The molecule has 2 aliphatic rings. The molecule has 6 heteroatoms. The van der Waals surface area contributed by atoms with Crippen molar-refractivity contribution in [1.82, 2.24) is 10.2 Å². The molecule has 2 N–H and O–H groups in total. The highest BCUT2D eigenvalue weighted by Gasteiger charge is 2.31. The smallest absolute Gasteiger partial charge is 0.317 e. The molecule has 0 bridgehead atoms. The molecule has 6 nitrogen and oxygen atoms in total. The Labute approximate surface area is 113 Å². The van der Waals surface area contributed by atoms with Crippen molar-refractivity contribution in [1.29, 1.82) is 0 Å². The van der Waals surface area contributed by atoms with E-state index in [4.69, 9.17) is 9.84 Å². The Hall–Kier alpha value is -1.30. The highest BCUT2D eigenvalue weighted by atomic mass is 16.5. The normalized spacial score (nSPS) is 31.8. The van der Waals surface area contributed by atoms with Crippen LogP contribution in [0.4, 0.5) is 4.79 Å². The lowest BCUT2D eigenvalue weighted by Crippen LogP contribution is -2.46. The van der Waals surface area contributed by atoms with Crippen LogP contribution < -0.4 is 5.32 Å². The molecule has 0 aromatic carbocycles. The van der Waals surface area contributed by atoms with Crippen molar-refractivity contribution in [2.45, 2.75) is 44.8 Å². The van der Waals surface area contributed by atoms with Crippen LogP contribution in [0, 0.1) is 5.92 Å². The molecule has 108 valence electrons. The third kappa shape index (κ3) is 3.83. The van der Waals surface area contributed by atoms with E-state index in [2.05, 4.69) is 5.32 Å². The first-order chi connectivity index (χ1) is 9.06. The van der Waals surface area contributed by atoms with Gasteiger partial charge in [0.1, 0.15) is 0 Å². The van der Waals surface area contributed by atoms with Crippen LogP contribution in [0.1, 0.15) is 32.6 Å². The van der Waals surface area contributed by atoms with E-state index in [0.29, 0.717) is 32.5 Å². The molecule has 0 spiro atoms. The number of aliphatic carboxylic acids is 1. The first-order valence-electron chi connectivity index (χ1n) is 6.96. The number of carbonyl (C=O) groups is 2. The number of nitrogens with one attached hydrogen (secondary N) is 1. The number of nitrogens with zero attached hydrogens (tertiary/aromatic N) is 1. The average Bonchev–Trinajstić information content (AvgIpc) is 2.71. The van der Waals surface area contributed by atoms with Gasteiger partial charge in [0, 0.05) is 25.7 Å². The fourth-order valence-electron chi connectivity index (χ4n) is 2.78. The van der Waals surface area contributed by atoms with E-state index in [1.165, 1.54) is 0 Å². The molecule has 19 heavy (non-hydrogen) atoms. The van der Waals surface area contributed by atoms with Crippen LogP contribution >= 0.6 is 0 Å². The number of ether oxygens (including phenoxy) is 1. The number of hydrogen-bond acceptors (Lipinski definition) is 3. The van der Waals surface area contributed by atoms with E-state index in [-0.39, 0.29) is 24.1 Å². The Morgan fingerprint density at radius 2 is 2.16 bits per heavy atom. The summed E-state index contributed by atoms with van der Waals surface area (Å²) in [6, 6.07) is -0.0959. The second kappa shape index (κ2) is 6.23. The van der Waals surface area contributed by atoms with Gasteiger partial charge >= 0.3 is 12.0 Å². The molecule has 1 aliphatic heterocycles. The van der Waals surface area contributed by atoms with Crippen LogP contribution in [0.5, 0.6) is 0 Å². The van der Waals surface area contributed by atoms with E-state index in [0.717, 1.165) is 12.8 Å². The predicted octanol–water partition coefficient (Wildman–Crippen LogP) is 1.06. The fraction of sp³-hybridized carbons (Fsp3) is 0.846. The van der Waals surface area contributed by atoms with Crippen LogP contribution in [-0.2, 0) is 9.53 Å². The van der Waals surface area contributed by atoms with Gasteiger partial charge in [-0.05, 0) is 32.6 Å². The Kier molecular flexibility index (Phi) is 4.63. The summed E-state index contributed by atoms with van der Waals surface area (Å²) in [6.45, 7) is 3.95. The summed E-state index contributed by atoms with van der Waals surface area (Å²) in [7, 11) is 0. The number of urea groups is 1. The first-order valence-corrected chi connectivity index (χ1v) is 6.96. The van der Waals surface area contributed by atoms with Gasteiger partial charge in [0.15, 0.2) is 0 Å². The molecule has 2 fully saturated rings. The predicted molar refractivity (Wildman–Crippen MR) is 68.9 cm³/mol. The topological polar surface area (TPSA) is 78.9 Å². The second-order valence-corrected chi connectivity index (χ2v) is 5.48. The maximum Gasteiger partial charge on any atom is 0.317 e. The SMILES string of the molecule is CC1CN(C(=O)NC2CCC(C(=O)O)C2)CCCO1. The largest absolute Gasteiger partial charge is 0.481 e. The Balaban J connectivity index is 1.82. The maximum atomic E-state index is 12.1. The quantitative estimate of drug-likeness (QED) is 0.786. The van der Waals surface area contributed by atoms with E-state index < -0.39 is 5.97 Å². The third-order valence-electron chi connectivity index (χ3n) is 3.85. The number of rotatable bonds is 2. The molecule has 1 saturated heterocycles. The molecule has 2 amide bonds. The van der Waals surface area contributed by atoms with Crippen LogP contribution in [0.2, 0.25) is 0 Å². The number of hydrogen-bond donors (Lipinski definition) is 2. The number of carboxylic acid groups (broad SMARTS) is 1. The van der Waals surface area contributed by atoms with Gasteiger partial charge < -0.3 is 20.1 Å². The third-order valence-corrected chi connectivity index (χ3v) is 3.85. The molecular weight excluding hydrogens is 248 g/mol. The van der Waals surface area contributed by atoms with Gasteiger partial charge in [0.25, 0.3) is 0 Å². The molecular formula is C13H22N2O4. The van der Waals surface area contributed by atoms with Crippen LogP contribution in [-0.4, -0.2) is 53.8 Å². The van der Waals surface area contributed by atoms with Crippen molar-refractivity contribution in [3.05, 3.63) is 0 Å². The van der Waals surface area contributed by atoms with Gasteiger partial charge in [-0.3, -0.25) is 4.79 Å². The zero-order chi connectivity index (χ0) is 13.8. The standard InChI is InChI=1S/C13H22N2O4/c1-9-8-15(5-2-6-19-9)13(18)14-11-4-3-10(7-11)12(16)17/h9-11H,2-8H2,1H3,(H,14,18)(H,16,17). The highest BCUT2D eigenvalue weighted by molar-refractivity contribution is 5.75. The summed E-state index contributed by atoms with van der Waals surface area (Å²) in [5, 5.41) is 11.9. The number of carbonyl (C=O) groups excluding carboxylic acids is 1. The van der Waals surface area contributed by atoms with Crippen LogP contribution in [0.3, 0.4) is 0 Å². The minimum atomic E-state index is -0.756. The van der Waals surface area contributed by atoms with E-state index in [9.17, 15) is 9.59 Å². The maximum absolute atomic E-state index is 12.1. The molecule has 0 aromatic rings. The van der Waals surface area contributed by atoms with Gasteiger partial charge in [-0.15, -0.1) is 0 Å². The molecule has 3 atom stereocenters. The summed E-state index contributed by atoms with van der Waals surface area (Å²) in [6.07, 6.45) is 2.85. The summed E-state index contributed by atoms with van der Waals surface area (Å²) >= 11 is 0. The minimum Gasteiger partial charge on any atom is -0.481 e. The Morgan fingerprint density at radius 3 is 2.84 bits per heavy atom. The van der Waals surface area contributed by atoms with Crippen LogP contribution in [0.15, 0.2) is 0 Å². The summed E-state index contributed by atoms with van der Waals surface area (Å²) in [5.74, 6) is -1.06. The van der Waals surface area contributed by atoms with E-state index >= 15 is 0 Å². The average molecular weight is 270 g/mol. The number of carboxylic acids is 1. The Morgan fingerprint density at radius 1 is 1.37 bits per heavy atom. The number of amides is 2. The monoisotopic (exact) mass is 270 g/mol. The molecule has 1 saturated carbocycles. The first kappa shape index (κ1) is 14.1. The second-order valence-electron chi connectivity index (χ2n) is 5.48. The van der Waals surface area contributed by atoms with E-state index in [1.54, 1.807) is 4.90 Å². The molecule has 1 heterocycles. The van der Waals surface area contributed by atoms with Crippen molar-refractivity contribution < 1.29 is 19.4 Å². The Bertz CT molecular complexity index is 348. The lowest BCUT2D eigenvalue weighted by molar-refractivity contribution is -0.141. The fourth-order valence-corrected chi connectivity index (χ4v) is 2.78. The van der Waals surface area contributed by atoms with Crippen molar-refractivity contribution in [3.8, 4) is 0 Å². The molecule has 0 aromatic heterocycles. The summed E-state index contributed by atoms with van der Waals surface area (Å²) in [5.41, 5.74) is 0. The lowest BCUT2D eigenvalue weighted by atomic mass is 10.1. The van der Waals surface area contributed by atoms with Crippen molar-refractivity contribution >= 4 is 12.0 Å². The highest BCUT2D eigenvalue weighted by Crippen LogP contribution is 2.25. The minimum absolute atomic E-state index is 0.00641. The van der Waals surface area contributed by atoms with Crippen molar-refractivity contribution in [2.75, 3.05) is 19.7 Å². The van der Waals surface area contributed by atoms with E-state index in [1.807, 2.05) is 6.92 Å². The zero-order valence-electron chi connectivity index (χ0n) is 11.3.